The van der Waals surface area contributed by atoms with Gasteiger partial charge in [-0.3, -0.25) is 39.4 Å². The first-order chi connectivity index (χ1) is 60.7. The largest absolute Gasteiger partial charge is 0.490 e. The second-order valence-electron chi connectivity index (χ2n) is 33.1. The second-order valence-corrected chi connectivity index (χ2v) is 33.1. The summed E-state index contributed by atoms with van der Waals surface area (Å²) in [6, 6.07) is 18.6. The number of carbonyl (C=O) groups excluding carboxylic acids is 4. The van der Waals surface area contributed by atoms with E-state index in [1.807, 2.05) is 0 Å². The van der Waals surface area contributed by atoms with E-state index in [4.69, 9.17) is 56.8 Å². The molecule has 0 amide bonds. The minimum absolute atomic E-state index is 0.0302. The fourth-order valence-corrected chi connectivity index (χ4v) is 15.5. The topological polar surface area (TPSA) is 265 Å². The van der Waals surface area contributed by atoms with Crippen LogP contribution in [-0.2, 0) is 13.2 Å². The number of ether oxygens (including phenoxy) is 12. The van der Waals surface area contributed by atoms with Crippen molar-refractivity contribution in [2.45, 2.75) is 338 Å². The molecule has 0 heterocycles. The number of nitro groups is 2. The Bertz CT molecular complexity index is 3980. The van der Waals surface area contributed by atoms with Crippen LogP contribution in [0.15, 0.2) is 72.8 Å². The predicted molar refractivity (Wildman–Crippen MR) is 489 cm³/mol. The number of ketones is 4. The van der Waals surface area contributed by atoms with Crippen molar-refractivity contribution in [2.24, 2.45) is 0 Å². The maximum Gasteiger partial charge on any atom is 0.269 e. The van der Waals surface area contributed by atoms with Crippen molar-refractivity contribution >= 4 is 34.5 Å². The Labute approximate surface area is 738 Å². The number of hydrogen-bond donors (Lipinski definition) is 0. The van der Waals surface area contributed by atoms with Gasteiger partial charge in [-0.25, -0.2) is 0 Å². The summed E-state index contributed by atoms with van der Waals surface area (Å²) in [5.74, 6) is 0.872. The molecule has 22 heteroatoms. The van der Waals surface area contributed by atoms with Crippen molar-refractivity contribution in [3.63, 3.8) is 0 Å². The molecular weight excluding hydrogens is 1570 g/mol. The summed E-state index contributed by atoms with van der Waals surface area (Å²) < 4.78 is 80.2. The molecule has 0 bridgehead atoms. The average molecular weight is 1720 g/mol. The van der Waals surface area contributed by atoms with Crippen LogP contribution in [0.1, 0.15) is 400 Å². The van der Waals surface area contributed by atoms with E-state index in [9.17, 15) is 20.2 Å². The lowest BCUT2D eigenvalue weighted by molar-refractivity contribution is -0.385. The first kappa shape index (κ1) is 99.8. The Morgan fingerprint density at radius 2 is 0.387 bits per heavy atom. The zero-order chi connectivity index (χ0) is 88.5. The van der Waals surface area contributed by atoms with Crippen LogP contribution in [0.5, 0.6) is 69.0 Å². The van der Waals surface area contributed by atoms with Crippen molar-refractivity contribution < 1.29 is 85.9 Å². The fraction of sp³-hybridized carbons (Fsp3) is 0.608. The van der Waals surface area contributed by atoms with E-state index in [1.54, 1.807) is 48.5 Å². The standard InChI is InChI=1S/C102H144N2O20/c1-9-17-25-41-59-113-83-69-79-87(91(105)81-71-85(115-61-43-27-19-11-3)97(119-65-47-31-23-15-7)101(89(81)93(79)107)123-73-75-51-55-77(56-52-75)103(109)110)99(95(83)117-63-45-29-21-13-5)121-67-49-39-37-35-33-34-36-38-40-50-68-122-100-88-80(70-84(114-60-42-26-18-10-2)96(100)118-64-46-30-22-14-6)94(108)90-82(92(88)106)72-86(116-62-44-28-20-12-4)98(120-66-48-32-24-16-8)102(90)124-74-76-53-57-78(58-54-76)104(111)112/h51-58,69-72H,9-50,59-68,73-74H2,1-8H3. The van der Waals surface area contributed by atoms with Crippen LogP contribution in [0.3, 0.4) is 0 Å². The van der Waals surface area contributed by atoms with Gasteiger partial charge in [0.15, 0.2) is 69.1 Å². The van der Waals surface area contributed by atoms with E-state index in [0.29, 0.717) is 99.8 Å². The molecule has 682 valence electrons. The molecule has 0 radical (unpaired) electrons. The van der Waals surface area contributed by atoms with Crippen molar-refractivity contribution in [3.8, 4) is 69.0 Å². The van der Waals surface area contributed by atoms with Gasteiger partial charge in [-0.2, -0.15) is 0 Å². The van der Waals surface area contributed by atoms with E-state index >= 15 is 19.2 Å². The lowest BCUT2D eigenvalue weighted by atomic mass is 9.82. The average Bonchev–Trinajstić information content (AvgIpc) is 0.727. The van der Waals surface area contributed by atoms with Gasteiger partial charge >= 0.3 is 0 Å². The highest BCUT2D eigenvalue weighted by molar-refractivity contribution is 6.32. The predicted octanol–water partition coefficient (Wildman–Crippen LogP) is 27.2. The van der Waals surface area contributed by atoms with Crippen LogP contribution in [0.2, 0.25) is 0 Å². The number of nitro benzene ring substituents is 2. The van der Waals surface area contributed by atoms with Crippen LogP contribution in [0.4, 0.5) is 11.4 Å². The minimum Gasteiger partial charge on any atom is -0.490 e. The highest BCUT2D eigenvalue weighted by Gasteiger charge is 2.43. The minimum atomic E-state index is -0.475. The molecule has 124 heavy (non-hydrogen) atoms. The number of unbranched alkanes of at least 4 members (excludes halogenated alkanes) is 33. The molecule has 0 saturated heterocycles. The zero-order valence-electron chi connectivity index (χ0n) is 76.2. The van der Waals surface area contributed by atoms with Crippen molar-refractivity contribution in [1.29, 1.82) is 0 Å². The molecule has 6 aromatic rings. The maximum atomic E-state index is 15.8. The molecule has 2 aliphatic rings. The quantitative estimate of drug-likeness (QED) is 0.0195. The third-order valence-corrected chi connectivity index (χ3v) is 22.8. The summed E-state index contributed by atoms with van der Waals surface area (Å²) in [4.78, 5) is 85.7. The van der Waals surface area contributed by atoms with Crippen LogP contribution in [-0.4, -0.2) is 99.0 Å². The van der Waals surface area contributed by atoms with Crippen molar-refractivity contribution in [2.75, 3.05) is 66.1 Å². The number of nitrogens with zero attached hydrogens (tertiary/aromatic N) is 2. The van der Waals surface area contributed by atoms with Gasteiger partial charge in [0, 0.05) is 46.5 Å². The van der Waals surface area contributed by atoms with E-state index in [0.717, 1.165) is 257 Å². The molecule has 0 saturated carbocycles. The van der Waals surface area contributed by atoms with Gasteiger partial charge in [0.1, 0.15) is 13.2 Å². The summed E-state index contributed by atoms with van der Waals surface area (Å²) in [5, 5.41) is 23.4. The third-order valence-electron chi connectivity index (χ3n) is 22.8. The third kappa shape index (κ3) is 30.6. The smallest absolute Gasteiger partial charge is 0.269 e. The molecule has 0 fully saturated rings. The second kappa shape index (κ2) is 57.1. The molecule has 2 aliphatic carbocycles. The van der Waals surface area contributed by atoms with E-state index in [1.165, 1.54) is 24.3 Å². The first-order valence-corrected chi connectivity index (χ1v) is 47.7. The summed E-state index contributed by atoms with van der Waals surface area (Å²) in [5.41, 5.74) is 1.67. The Hall–Kier alpha value is -9.60. The first-order valence-electron chi connectivity index (χ1n) is 47.7. The SMILES string of the molecule is CCCCCCOc1cc2c(c(OCCCCCCCCCCCCOc3c(OCCCCCC)c(OCCCCCC)cc4c3C(=O)c3cc(OCCCCCC)c(OCCCCCC)c(OCc5ccc([N+](=O)[O-])cc5)c3C4=O)c1OCCCCCC)C(=O)c1cc(OCCCCCC)c(OCCCCCC)c(OCc3ccc([N+](=O)[O-])cc3)c1C2=O. The van der Waals surface area contributed by atoms with Crippen LogP contribution >= 0.6 is 0 Å². The Morgan fingerprint density at radius 1 is 0.218 bits per heavy atom. The monoisotopic (exact) mass is 1720 g/mol. The summed E-state index contributed by atoms with van der Waals surface area (Å²) in [6.45, 7) is 20.2. The van der Waals surface area contributed by atoms with Crippen molar-refractivity contribution in [1.82, 2.24) is 0 Å². The molecule has 0 atom stereocenters. The molecule has 6 aromatic carbocycles. The number of fused-ring (bicyclic) bond motifs is 4. The van der Waals surface area contributed by atoms with Crippen LogP contribution < -0.4 is 56.8 Å². The highest BCUT2D eigenvalue weighted by Crippen LogP contribution is 2.54. The van der Waals surface area contributed by atoms with Gasteiger partial charge in [0.25, 0.3) is 11.4 Å². The number of non-ortho nitro benzene ring substituents is 2. The zero-order valence-corrected chi connectivity index (χ0v) is 76.2. The number of carbonyl (C=O) groups is 4. The van der Waals surface area contributed by atoms with Gasteiger partial charge in [-0.05, 0) is 124 Å². The van der Waals surface area contributed by atoms with E-state index in [2.05, 4.69) is 55.4 Å². The molecule has 0 aliphatic heterocycles. The fourth-order valence-electron chi connectivity index (χ4n) is 15.5. The lowest BCUT2D eigenvalue weighted by Crippen LogP contribution is -2.25. The number of rotatable bonds is 71. The molecule has 22 nitrogen and oxygen atoms in total. The summed E-state index contributed by atoms with van der Waals surface area (Å²) in [6.07, 6.45) is 39.0. The highest BCUT2D eigenvalue weighted by atomic mass is 16.6. The van der Waals surface area contributed by atoms with Gasteiger partial charge in [-0.1, -0.05) is 261 Å². The van der Waals surface area contributed by atoms with E-state index < -0.39 is 33.0 Å². The summed E-state index contributed by atoms with van der Waals surface area (Å²) in [7, 11) is 0. The Kier molecular flexibility index (Phi) is 46.0. The maximum absolute atomic E-state index is 15.8. The van der Waals surface area contributed by atoms with Gasteiger partial charge in [0.2, 0.25) is 23.0 Å². The van der Waals surface area contributed by atoms with E-state index in [-0.39, 0.29) is 128 Å². The molecule has 0 unspecified atom stereocenters. The molecule has 0 N–H and O–H groups in total. The van der Waals surface area contributed by atoms with Crippen molar-refractivity contribution in [3.05, 3.63) is 149 Å². The summed E-state index contributed by atoms with van der Waals surface area (Å²) >= 11 is 0. The number of benzene rings is 6. The Balaban J connectivity index is 1.00. The van der Waals surface area contributed by atoms with Gasteiger partial charge in [-0.15, -0.1) is 0 Å². The van der Waals surface area contributed by atoms with Crippen LogP contribution in [0.25, 0.3) is 0 Å². The van der Waals surface area contributed by atoms with Gasteiger partial charge < -0.3 is 56.8 Å². The normalized spacial score (nSPS) is 12.0. The molecule has 0 spiro atoms. The Morgan fingerprint density at radius 3 is 0.581 bits per heavy atom. The molecular formula is C102H144N2O20. The van der Waals surface area contributed by atoms with Gasteiger partial charge in [0.05, 0.1) is 98.2 Å². The van der Waals surface area contributed by atoms with Crippen LogP contribution in [0, 0.1) is 20.2 Å². The molecule has 8 rings (SSSR count). The lowest BCUT2D eigenvalue weighted by Gasteiger charge is -2.27. The molecule has 0 aromatic heterocycles. The number of hydrogen-bond acceptors (Lipinski definition) is 20.